The Kier molecular flexibility index (Phi) is 5.39. The lowest BCUT2D eigenvalue weighted by molar-refractivity contribution is -0.124. The molecule has 2 amide bonds. The summed E-state index contributed by atoms with van der Waals surface area (Å²) in [5.74, 6) is -0.371. The van der Waals surface area contributed by atoms with Crippen LogP contribution < -0.4 is 10.6 Å². The molecule has 0 spiro atoms. The molecular formula is C17H19N5O2S. The molecule has 3 rings (SSSR count). The number of amides is 2. The van der Waals surface area contributed by atoms with E-state index in [1.807, 2.05) is 25.1 Å². The molecule has 0 radical (unpaired) electrons. The SMILES string of the molecule is Cc1[nH]c2ccccc2c1CCNC(=O)CCC(=O)Nc1nncs1. The molecule has 0 saturated heterocycles. The number of carbonyl (C=O) groups excluding carboxylic acids is 2. The van der Waals surface area contributed by atoms with E-state index in [-0.39, 0.29) is 24.7 Å². The van der Waals surface area contributed by atoms with Gasteiger partial charge in [0.25, 0.3) is 0 Å². The number of carbonyl (C=O) groups is 2. The first-order valence-corrected chi connectivity index (χ1v) is 8.90. The number of H-pyrrole nitrogens is 1. The highest BCUT2D eigenvalue weighted by atomic mass is 32.1. The van der Waals surface area contributed by atoms with Gasteiger partial charge in [0.05, 0.1) is 0 Å². The van der Waals surface area contributed by atoms with E-state index in [4.69, 9.17) is 0 Å². The number of aromatic nitrogens is 3. The minimum absolute atomic E-state index is 0.123. The van der Waals surface area contributed by atoms with E-state index in [1.165, 1.54) is 27.8 Å². The third-order valence-corrected chi connectivity index (χ3v) is 4.52. The minimum atomic E-state index is -0.237. The predicted molar refractivity (Wildman–Crippen MR) is 97.5 cm³/mol. The Morgan fingerprint density at radius 2 is 2.00 bits per heavy atom. The Balaban J connectivity index is 1.43. The summed E-state index contributed by atoms with van der Waals surface area (Å²) in [6, 6.07) is 8.12. The maximum absolute atomic E-state index is 11.9. The molecule has 0 aliphatic heterocycles. The summed E-state index contributed by atoms with van der Waals surface area (Å²) in [5, 5.41) is 14.5. The van der Waals surface area contributed by atoms with Gasteiger partial charge in [0, 0.05) is 36.0 Å². The smallest absolute Gasteiger partial charge is 0.226 e. The van der Waals surface area contributed by atoms with E-state index in [9.17, 15) is 9.59 Å². The highest BCUT2D eigenvalue weighted by Gasteiger charge is 2.10. The summed E-state index contributed by atoms with van der Waals surface area (Å²) in [6.07, 6.45) is 1.02. The second-order valence-corrected chi connectivity index (χ2v) is 6.50. The van der Waals surface area contributed by atoms with Crippen LogP contribution in [-0.4, -0.2) is 33.5 Å². The molecular weight excluding hydrogens is 338 g/mol. The normalized spacial score (nSPS) is 10.8. The van der Waals surface area contributed by atoms with Crippen LogP contribution in [0.3, 0.4) is 0 Å². The van der Waals surface area contributed by atoms with Crippen LogP contribution in [0.5, 0.6) is 0 Å². The summed E-state index contributed by atoms with van der Waals surface area (Å²) in [7, 11) is 0. The van der Waals surface area contributed by atoms with Gasteiger partial charge >= 0.3 is 0 Å². The fraction of sp³-hybridized carbons (Fsp3) is 0.294. The van der Waals surface area contributed by atoms with Gasteiger partial charge in [0.1, 0.15) is 5.51 Å². The summed E-state index contributed by atoms with van der Waals surface area (Å²) in [6.45, 7) is 2.58. The van der Waals surface area contributed by atoms with Crippen LogP contribution in [0.15, 0.2) is 29.8 Å². The largest absolute Gasteiger partial charge is 0.358 e. The van der Waals surface area contributed by atoms with Crippen molar-refractivity contribution in [2.75, 3.05) is 11.9 Å². The van der Waals surface area contributed by atoms with Crippen LogP contribution >= 0.6 is 11.3 Å². The number of hydrogen-bond acceptors (Lipinski definition) is 5. The third kappa shape index (κ3) is 4.42. The van der Waals surface area contributed by atoms with Crippen molar-refractivity contribution in [2.24, 2.45) is 0 Å². The number of aromatic amines is 1. The molecule has 7 nitrogen and oxygen atoms in total. The topological polar surface area (TPSA) is 99.8 Å². The molecule has 0 bridgehead atoms. The number of aryl methyl sites for hydroxylation is 1. The van der Waals surface area contributed by atoms with Crippen LogP contribution in [0, 0.1) is 6.92 Å². The van der Waals surface area contributed by atoms with Gasteiger partial charge in [-0.05, 0) is 25.0 Å². The molecule has 3 aromatic rings. The van der Waals surface area contributed by atoms with Crippen molar-refractivity contribution in [3.05, 3.63) is 41.0 Å². The lowest BCUT2D eigenvalue weighted by Gasteiger charge is -2.06. The van der Waals surface area contributed by atoms with Gasteiger partial charge in [-0.2, -0.15) is 0 Å². The van der Waals surface area contributed by atoms with Crippen molar-refractivity contribution < 1.29 is 9.59 Å². The van der Waals surface area contributed by atoms with Gasteiger partial charge in [-0.1, -0.05) is 29.5 Å². The first-order chi connectivity index (χ1) is 12.1. The second kappa shape index (κ2) is 7.89. The molecule has 0 aliphatic carbocycles. The summed E-state index contributed by atoms with van der Waals surface area (Å²) in [5.41, 5.74) is 4.97. The first-order valence-electron chi connectivity index (χ1n) is 8.02. The standard InChI is InChI=1S/C17H19N5O2S/c1-11-12(13-4-2-3-5-14(13)20-11)8-9-18-15(23)6-7-16(24)21-17-22-19-10-25-17/h2-5,10,20H,6-9H2,1H3,(H,18,23)(H,21,22,24). The molecule has 1 aromatic carbocycles. The Morgan fingerprint density at radius 3 is 2.80 bits per heavy atom. The lowest BCUT2D eigenvalue weighted by Crippen LogP contribution is -2.27. The monoisotopic (exact) mass is 357 g/mol. The van der Waals surface area contributed by atoms with Crippen molar-refractivity contribution >= 4 is 39.2 Å². The van der Waals surface area contributed by atoms with Crippen LogP contribution in [-0.2, 0) is 16.0 Å². The molecule has 2 heterocycles. The number of benzene rings is 1. The summed E-state index contributed by atoms with van der Waals surface area (Å²) < 4.78 is 0. The minimum Gasteiger partial charge on any atom is -0.358 e. The molecule has 3 N–H and O–H groups in total. The van der Waals surface area contributed by atoms with Crippen molar-refractivity contribution in [3.63, 3.8) is 0 Å². The molecule has 0 atom stereocenters. The molecule has 0 saturated carbocycles. The van der Waals surface area contributed by atoms with E-state index < -0.39 is 0 Å². The van der Waals surface area contributed by atoms with E-state index in [1.54, 1.807) is 0 Å². The van der Waals surface area contributed by atoms with E-state index >= 15 is 0 Å². The molecule has 8 heteroatoms. The second-order valence-electron chi connectivity index (χ2n) is 5.67. The zero-order valence-corrected chi connectivity index (χ0v) is 14.7. The van der Waals surface area contributed by atoms with Crippen molar-refractivity contribution in [1.29, 1.82) is 0 Å². The number of anilines is 1. The van der Waals surface area contributed by atoms with Crippen molar-refractivity contribution in [3.8, 4) is 0 Å². The Labute approximate surface area is 148 Å². The van der Waals surface area contributed by atoms with Crippen LogP contribution in [0.1, 0.15) is 24.1 Å². The van der Waals surface area contributed by atoms with Gasteiger partial charge in [0.15, 0.2) is 0 Å². The van der Waals surface area contributed by atoms with Gasteiger partial charge in [0.2, 0.25) is 16.9 Å². The molecule has 0 fully saturated rings. The number of nitrogens with zero attached hydrogens (tertiary/aromatic N) is 2. The Hall–Kier alpha value is -2.74. The molecule has 0 unspecified atom stereocenters. The Bertz CT molecular complexity index is 872. The average Bonchev–Trinajstić information content (AvgIpc) is 3.21. The van der Waals surface area contributed by atoms with Gasteiger partial charge in [-0.3, -0.25) is 9.59 Å². The van der Waals surface area contributed by atoms with E-state index in [2.05, 4.69) is 31.9 Å². The lowest BCUT2D eigenvalue weighted by atomic mass is 10.1. The van der Waals surface area contributed by atoms with Gasteiger partial charge in [-0.25, -0.2) is 0 Å². The fourth-order valence-electron chi connectivity index (χ4n) is 2.71. The zero-order valence-electron chi connectivity index (χ0n) is 13.8. The van der Waals surface area contributed by atoms with Crippen molar-refractivity contribution in [2.45, 2.75) is 26.2 Å². The molecule has 130 valence electrons. The first kappa shape index (κ1) is 17.1. The average molecular weight is 357 g/mol. The number of nitrogens with one attached hydrogen (secondary N) is 3. The quantitative estimate of drug-likeness (QED) is 0.604. The summed E-state index contributed by atoms with van der Waals surface area (Å²) >= 11 is 1.24. The van der Waals surface area contributed by atoms with Crippen LogP contribution in [0.2, 0.25) is 0 Å². The fourth-order valence-corrected chi connectivity index (χ4v) is 3.17. The van der Waals surface area contributed by atoms with E-state index in [0.29, 0.717) is 11.7 Å². The predicted octanol–water partition coefficient (Wildman–Crippen LogP) is 2.41. The highest BCUT2D eigenvalue weighted by Crippen LogP contribution is 2.21. The summed E-state index contributed by atoms with van der Waals surface area (Å²) in [4.78, 5) is 27.0. The maximum Gasteiger partial charge on any atom is 0.226 e. The number of rotatable bonds is 7. The van der Waals surface area contributed by atoms with Crippen LogP contribution in [0.25, 0.3) is 10.9 Å². The number of hydrogen-bond donors (Lipinski definition) is 3. The molecule has 0 aliphatic rings. The van der Waals surface area contributed by atoms with Gasteiger partial charge in [-0.15, -0.1) is 10.2 Å². The Morgan fingerprint density at radius 1 is 1.20 bits per heavy atom. The molecule has 25 heavy (non-hydrogen) atoms. The van der Waals surface area contributed by atoms with Gasteiger partial charge < -0.3 is 15.6 Å². The maximum atomic E-state index is 11.9. The van der Waals surface area contributed by atoms with Crippen LogP contribution in [0.4, 0.5) is 5.13 Å². The zero-order chi connectivity index (χ0) is 17.6. The van der Waals surface area contributed by atoms with Crippen molar-refractivity contribution in [1.82, 2.24) is 20.5 Å². The highest BCUT2D eigenvalue weighted by molar-refractivity contribution is 7.13. The van der Waals surface area contributed by atoms with E-state index in [0.717, 1.165) is 17.6 Å². The molecule has 2 aromatic heterocycles. The number of para-hydroxylation sites is 1. The number of fused-ring (bicyclic) bond motifs is 1. The third-order valence-electron chi connectivity index (χ3n) is 3.91.